The van der Waals surface area contributed by atoms with E-state index in [0.717, 1.165) is 11.3 Å². The Morgan fingerprint density at radius 2 is 2.16 bits per heavy atom. The number of oxime groups is 1. The third-order valence-corrected chi connectivity index (χ3v) is 5.49. The van der Waals surface area contributed by atoms with Crippen LogP contribution in [0.15, 0.2) is 23.2 Å². The number of carbonyl (C=O) groups is 3. The lowest BCUT2D eigenvalue weighted by Crippen LogP contribution is -2.73. The maximum Gasteiger partial charge on any atom is 0.362 e. The smallest absolute Gasteiger partial charge is 0.362 e. The second-order valence-electron chi connectivity index (χ2n) is 5.93. The van der Waals surface area contributed by atoms with Crippen LogP contribution in [0.25, 0.3) is 0 Å². The van der Waals surface area contributed by atoms with E-state index in [1.807, 2.05) is 0 Å². The topological polar surface area (TPSA) is 232 Å². The first-order valence-corrected chi connectivity index (χ1v) is 10.4. The zero-order valence-corrected chi connectivity index (χ0v) is 16.9. The minimum absolute atomic E-state index is 0.0587. The number of hydrogen-bond acceptors (Lipinski definition) is 12. The van der Waals surface area contributed by atoms with Gasteiger partial charge in [-0.3, -0.25) is 18.8 Å². The average Bonchev–Trinajstić information content (AvgIpc) is 3.33. The summed E-state index contributed by atoms with van der Waals surface area (Å²) in [6, 6.07) is -2.62. The molecule has 1 fully saturated rings. The molecule has 16 nitrogen and oxygen atoms in total. The molecule has 0 unspecified atom stereocenters. The predicted molar refractivity (Wildman–Crippen MR) is 101 cm³/mol. The lowest BCUT2D eigenvalue weighted by atomic mass is 9.98. The van der Waals surface area contributed by atoms with Gasteiger partial charge in [0.2, 0.25) is 6.61 Å². The van der Waals surface area contributed by atoms with Crippen LogP contribution in [0.5, 0.6) is 0 Å². The fourth-order valence-corrected chi connectivity index (χ4v) is 4.04. The predicted octanol–water partition coefficient (Wildman–Crippen LogP) is -2.68. The van der Waals surface area contributed by atoms with E-state index in [9.17, 15) is 27.4 Å². The molecule has 1 aliphatic heterocycles. The van der Waals surface area contributed by atoms with Gasteiger partial charge in [-0.25, -0.2) is 19.1 Å². The molecule has 5 N–H and O–H groups in total. The molecule has 1 saturated heterocycles. The Morgan fingerprint density at radius 3 is 2.71 bits per heavy atom. The molecule has 3 heterocycles. The van der Waals surface area contributed by atoms with Crippen molar-refractivity contribution in [2.75, 3.05) is 12.3 Å². The first-order chi connectivity index (χ1) is 14.6. The maximum atomic E-state index is 12.7. The molecule has 31 heavy (non-hydrogen) atoms. The van der Waals surface area contributed by atoms with Crippen molar-refractivity contribution in [3.8, 4) is 0 Å². The molecule has 0 saturated carbocycles. The summed E-state index contributed by atoms with van der Waals surface area (Å²) in [5.41, 5.74) is 4.98. The molecule has 2 atom stereocenters. The largest absolute Gasteiger partial charge is 0.479 e. The van der Waals surface area contributed by atoms with E-state index in [1.165, 1.54) is 22.7 Å². The Labute approximate surface area is 177 Å². The quantitative estimate of drug-likeness (QED) is 0.126. The number of nitrogens with two attached hydrogens (primary N) is 1. The first kappa shape index (κ1) is 22.1. The maximum absolute atomic E-state index is 12.7. The summed E-state index contributed by atoms with van der Waals surface area (Å²) in [5, 5.41) is 19.6. The Bertz CT molecular complexity index is 1130. The number of nitrogens with zero attached hydrogens (tertiary/aromatic N) is 6. The number of thiazole rings is 1. The van der Waals surface area contributed by atoms with Gasteiger partial charge in [-0.1, -0.05) is 5.16 Å². The van der Waals surface area contributed by atoms with Crippen molar-refractivity contribution in [2.24, 2.45) is 5.16 Å². The Kier molecular flexibility index (Phi) is 6.13. The summed E-state index contributed by atoms with van der Waals surface area (Å²) in [4.78, 5) is 47.8. The Morgan fingerprint density at radius 1 is 1.42 bits per heavy atom. The molecule has 166 valence electrons. The van der Waals surface area contributed by atoms with E-state index in [2.05, 4.69) is 30.4 Å². The highest BCUT2D eigenvalue weighted by atomic mass is 32.2. The van der Waals surface area contributed by atoms with Crippen LogP contribution in [-0.4, -0.2) is 84.3 Å². The molecule has 0 bridgehead atoms. The number of nitrogens with one attached hydrogen (secondary N) is 1. The van der Waals surface area contributed by atoms with Crippen LogP contribution >= 0.6 is 11.3 Å². The van der Waals surface area contributed by atoms with Crippen molar-refractivity contribution < 1.29 is 37.3 Å². The van der Waals surface area contributed by atoms with Gasteiger partial charge in [-0.05, 0) is 0 Å². The van der Waals surface area contributed by atoms with Crippen molar-refractivity contribution in [2.45, 2.75) is 18.6 Å². The van der Waals surface area contributed by atoms with Crippen LogP contribution in [0, 0.1) is 0 Å². The van der Waals surface area contributed by atoms with E-state index < -0.39 is 52.5 Å². The van der Waals surface area contributed by atoms with Crippen molar-refractivity contribution in [1.29, 1.82) is 0 Å². The van der Waals surface area contributed by atoms with Gasteiger partial charge >= 0.3 is 16.3 Å². The minimum atomic E-state index is -4.91. The Hall–Kier alpha value is -3.64. The van der Waals surface area contributed by atoms with Crippen LogP contribution in [-0.2, 0) is 36.1 Å². The van der Waals surface area contributed by atoms with E-state index in [0.29, 0.717) is 0 Å². The number of anilines is 1. The number of rotatable bonds is 9. The number of amides is 2. The van der Waals surface area contributed by atoms with E-state index in [-0.39, 0.29) is 21.7 Å². The zero-order valence-electron chi connectivity index (χ0n) is 15.2. The minimum Gasteiger partial charge on any atom is -0.479 e. The van der Waals surface area contributed by atoms with Gasteiger partial charge in [-0.2, -0.15) is 13.5 Å². The number of hydrogen-bond donors (Lipinski definition) is 4. The normalized spacial score (nSPS) is 19.1. The van der Waals surface area contributed by atoms with Crippen LogP contribution in [0.4, 0.5) is 5.13 Å². The van der Waals surface area contributed by atoms with Gasteiger partial charge in [0, 0.05) is 5.38 Å². The molecule has 0 aliphatic carbocycles. The molecule has 0 aromatic carbocycles. The van der Waals surface area contributed by atoms with Gasteiger partial charge in [0.1, 0.15) is 24.4 Å². The van der Waals surface area contributed by atoms with Crippen LogP contribution < -0.4 is 11.1 Å². The van der Waals surface area contributed by atoms with Crippen molar-refractivity contribution in [1.82, 2.24) is 29.4 Å². The van der Waals surface area contributed by atoms with E-state index in [4.69, 9.17) is 10.8 Å². The fraction of sp³-hybridized carbons (Fsp3) is 0.308. The highest BCUT2D eigenvalue weighted by Gasteiger charge is 2.54. The number of nitrogen functional groups attached to an aromatic ring is 1. The number of aromatic nitrogens is 4. The lowest BCUT2D eigenvalue weighted by Gasteiger charge is -2.43. The van der Waals surface area contributed by atoms with Crippen molar-refractivity contribution in [3.63, 3.8) is 0 Å². The number of β-lactam (4-membered cyclic amide) rings is 1. The van der Waals surface area contributed by atoms with Gasteiger partial charge in [-0.15, -0.1) is 11.3 Å². The second kappa shape index (κ2) is 8.62. The second-order valence-corrected chi connectivity index (χ2v) is 8.10. The Balaban J connectivity index is 1.83. The fourth-order valence-electron chi connectivity index (χ4n) is 2.62. The van der Waals surface area contributed by atoms with Crippen LogP contribution in [0.1, 0.15) is 5.69 Å². The summed E-state index contributed by atoms with van der Waals surface area (Å²) in [6.07, 6.45) is 2.41. The number of carbonyl (C=O) groups excluding carboxylic acids is 2. The van der Waals surface area contributed by atoms with Gasteiger partial charge in [0.15, 0.2) is 10.8 Å². The highest BCUT2D eigenvalue weighted by molar-refractivity contribution is 7.84. The summed E-state index contributed by atoms with van der Waals surface area (Å²) in [5.74, 6) is -3.48. The lowest BCUT2D eigenvalue weighted by molar-refractivity contribution is -0.145. The van der Waals surface area contributed by atoms with Crippen LogP contribution in [0.3, 0.4) is 0 Å². The van der Waals surface area contributed by atoms with Crippen LogP contribution in [0.2, 0.25) is 0 Å². The van der Waals surface area contributed by atoms with Gasteiger partial charge in [0.25, 0.3) is 11.8 Å². The molecule has 0 radical (unpaired) electrons. The molecular weight excluding hydrogens is 460 g/mol. The SMILES string of the molecule is Nc1nc(/C(=N/OCC(=O)O)C(=O)N[C@@H]2C(=O)N(S(=O)(=O)O)[C@@H]2Cn2cncn2)cs1. The monoisotopic (exact) mass is 474 g/mol. The molecule has 1 aliphatic rings. The summed E-state index contributed by atoms with van der Waals surface area (Å²) in [6.45, 7) is -1.08. The zero-order chi connectivity index (χ0) is 22.8. The summed E-state index contributed by atoms with van der Waals surface area (Å²) < 4.78 is 33.8. The first-order valence-electron chi connectivity index (χ1n) is 8.15. The standard InChI is InChI=1S/C13H14N8O8S2/c14-13-17-6(3-30-13)9(19-29-2-8(22)23)11(24)18-10-7(1-20-5-15-4-16-20)21(12(10)25)31(26,27)28/h3-5,7,10H,1-2H2,(H2,14,17)(H,18,24)(H,22,23)(H,26,27,28)/b19-9-/t7-,10+/m1/s1. The number of aliphatic carboxylic acids is 1. The molecular formula is C13H14N8O8S2. The highest BCUT2D eigenvalue weighted by Crippen LogP contribution is 2.25. The third kappa shape index (κ3) is 4.92. The average molecular weight is 474 g/mol. The summed E-state index contributed by atoms with van der Waals surface area (Å²) >= 11 is 0.964. The van der Waals surface area contributed by atoms with Crippen molar-refractivity contribution in [3.05, 3.63) is 23.7 Å². The molecule has 2 aromatic heterocycles. The van der Waals surface area contributed by atoms with Gasteiger partial charge in [0.05, 0.1) is 12.6 Å². The van der Waals surface area contributed by atoms with Crippen molar-refractivity contribution >= 4 is 50.3 Å². The van der Waals surface area contributed by atoms with Gasteiger partial charge < -0.3 is 21.0 Å². The van der Waals surface area contributed by atoms with E-state index >= 15 is 0 Å². The third-order valence-electron chi connectivity index (χ3n) is 3.87. The summed E-state index contributed by atoms with van der Waals surface area (Å²) in [7, 11) is -4.91. The molecule has 2 amide bonds. The molecule has 0 spiro atoms. The van der Waals surface area contributed by atoms with E-state index in [1.54, 1.807) is 0 Å². The number of carboxylic acid groups (broad SMARTS) is 1. The molecule has 18 heteroatoms. The number of carboxylic acids is 1. The molecule has 2 aromatic rings. The molecule has 3 rings (SSSR count).